The van der Waals surface area contributed by atoms with Gasteiger partial charge in [0.2, 0.25) is 5.91 Å². The molecule has 1 atom stereocenters. The maximum Gasteiger partial charge on any atom is 0.317 e. The van der Waals surface area contributed by atoms with Crippen molar-refractivity contribution >= 4 is 11.9 Å². The Morgan fingerprint density at radius 3 is 3.00 bits per heavy atom. The van der Waals surface area contributed by atoms with Crippen LogP contribution in [0.2, 0.25) is 0 Å². The molecule has 2 saturated heterocycles. The molecule has 0 aliphatic carbocycles. The number of nitrogens with one attached hydrogen (secondary N) is 1. The summed E-state index contributed by atoms with van der Waals surface area (Å²) in [7, 11) is 0. The summed E-state index contributed by atoms with van der Waals surface area (Å²) in [6.45, 7) is 3.61. The van der Waals surface area contributed by atoms with E-state index in [1.807, 2.05) is 23.1 Å². The number of carbonyl (C=O) groups excluding carboxylic acids is 2. The zero-order valence-corrected chi connectivity index (χ0v) is 14.5. The van der Waals surface area contributed by atoms with E-state index in [9.17, 15) is 9.59 Å². The third kappa shape index (κ3) is 5.16. The second kappa shape index (κ2) is 8.80. The van der Waals surface area contributed by atoms with Gasteiger partial charge >= 0.3 is 6.03 Å². The minimum absolute atomic E-state index is 0.0922. The van der Waals surface area contributed by atoms with E-state index in [0.29, 0.717) is 32.6 Å². The van der Waals surface area contributed by atoms with Crippen LogP contribution in [0.25, 0.3) is 0 Å². The molecule has 0 radical (unpaired) electrons. The molecule has 2 fully saturated rings. The average molecular weight is 346 g/mol. The van der Waals surface area contributed by atoms with Crippen LogP contribution in [-0.4, -0.2) is 65.6 Å². The lowest BCUT2D eigenvalue weighted by Crippen LogP contribution is -2.45. The topological polar surface area (TPSA) is 74.8 Å². The van der Waals surface area contributed by atoms with Gasteiger partial charge in [0.15, 0.2) is 0 Å². The van der Waals surface area contributed by atoms with Gasteiger partial charge in [0, 0.05) is 45.4 Å². The van der Waals surface area contributed by atoms with E-state index in [2.05, 4.69) is 10.3 Å². The fourth-order valence-electron chi connectivity index (χ4n) is 3.29. The first-order valence-electron chi connectivity index (χ1n) is 9.04. The largest absolute Gasteiger partial charge is 0.376 e. The van der Waals surface area contributed by atoms with Crippen molar-refractivity contribution in [1.82, 2.24) is 20.1 Å². The van der Waals surface area contributed by atoms with Crippen LogP contribution in [-0.2, 0) is 16.1 Å². The van der Waals surface area contributed by atoms with E-state index >= 15 is 0 Å². The lowest BCUT2D eigenvalue weighted by atomic mass is 10.2. The number of ether oxygens (including phenoxy) is 1. The van der Waals surface area contributed by atoms with Crippen LogP contribution in [0.3, 0.4) is 0 Å². The van der Waals surface area contributed by atoms with Crippen molar-refractivity contribution in [2.45, 2.75) is 38.3 Å². The van der Waals surface area contributed by atoms with Crippen LogP contribution >= 0.6 is 0 Å². The van der Waals surface area contributed by atoms with E-state index in [-0.39, 0.29) is 18.0 Å². The first-order valence-corrected chi connectivity index (χ1v) is 9.04. The molecule has 7 nitrogen and oxygen atoms in total. The Morgan fingerprint density at radius 1 is 1.40 bits per heavy atom. The van der Waals surface area contributed by atoms with Gasteiger partial charge < -0.3 is 19.9 Å². The van der Waals surface area contributed by atoms with Crippen LogP contribution in [0.1, 0.15) is 31.4 Å². The summed E-state index contributed by atoms with van der Waals surface area (Å²) in [6.07, 6.45) is 5.39. The lowest BCUT2D eigenvalue weighted by molar-refractivity contribution is -0.127. The van der Waals surface area contributed by atoms with E-state index < -0.39 is 0 Å². The summed E-state index contributed by atoms with van der Waals surface area (Å²) in [5.41, 5.74) is 0.852. The quantitative estimate of drug-likeness (QED) is 0.810. The number of rotatable bonds is 7. The first-order chi connectivity index (χ1) is 12.2. The second-order valence-electron chi connectivity index (χ2n) is 6.55. The van der Waals surface area contributed by atoms with Crippen molar-refractivity contribution in [3.63, 3.8) is 0 Å². The van der Waals surface area contributed by atoms with Crippen molar-refractivity contribution < 1.29 is 14.3 Å². The molecule has 1 unspecified atom stereocenters. The van der Waals surface area contributed by atoms with Gasteiger partial charge in [-0.15, -0.1) is 0 Å². The Balaban J connectivity index is 1.53. The number of amides is 3. The van der Waals surface area contributed by atoms with Crippen LogP contribution in [0.15, 0.2) is 24.4 Å². The molecule has 0 spiro atoms. The van der Waals surface area contributed by atoms with Crippen molar-refractivity contribution in [1.29, 1.82) is 0 Å². The minimum Gasteiger partial charge on any atom is -0.376 e. The zero-order valence-electron chi connectivity index (χ0n) is 14.5. The highest BCUT2D eigenvalue weighted by atomic mass is 16.5. The van der Waals surface area contributed by atoms with E-state index in [1.165, 1.54) is 0 Å². The molecule has 0 saturated carbocycles. The van der Waals surface area contributed by atoms with Gasteiger partial charge in [-0.3, -0.25) is 9.78 Å². The molecule has 3 amide bonds. The number of likely N-dealkylation sites (tertiary alicyclic amines) is 1. The minimum atomic E-state index is -0.132. The zero-order chi connectivity index (χ0) is 17.5. The average Bonchev–Trinajstić information content (AvgIpc) is 3.27. The highest BCUT2D eigenvalue weighted by molar-refractivity contribution is 5.78. The number of aromatic nitrogens is 1. The normalized spacial score (nSPS) is 20.1. The number of hydrogen-bond acceptors (Lipinski definition) is 4. The van der Waals surface area contributed by atoms with Gasteiger partial charge in [-0.1, -0.05) is 6.07 Å². The first kappa shape index (κ1) is 17.7. The molecular formula is C18H26N4O3. The molecule has 1 aromatic rings. The maximum absolute atomic E-state index is 12.6. The molecule has 3 heterocycles. The number of hydrogen-bond donors (Lipinski definition) is 1. The van der Waals surface area contributed by atoms with Gasteiger partial charge in [0.25, 0.3) is 0 Å². The van der Waals surface area contributed by atoms with Crippen LogP contribution in [0, 0.1) is 0 Å². The summed E-state index contributed by atoms with van der Waals surface area (Å²) in [5, 5.41) is 2.93. The number of urea groups is 1. The molecule has 7 heteroatoms. The van der Waals surface area contributed by atoms with Gasteiger partial charge in [-0.25, -0.2) is 4.79 Å². The highest BCUT2D eigenvalue weighted by Crippen LogP contribution is 2.15. The molecule has 1 N–H and O–H groups in total. The molecule has 2 aliphatic rings. The summed E-state index contributed by atoms with van der Waals surface area (Å²) in [4.78, 5) is 32.1. The van der Waals surface area contributed by atoms with E-state index in [1.54, 1.807) is 11.1 Å². The standard InChI is InChI=1S/C18H26N4O3/c23-17-7-3-10-21(17)11-9-20-18(24)22(14-16-6-4-12-25-16)13-15-5-1-2-8-19-15/h1-2,5,8,16H,3-4,6-7,9-14H2,(H,20,24). The molecule has 1 aromatic heterocycles. The Kier molecular flexibility index (Phi) is 6.22. The Bertz CT molecular complexity index is 575. The molecule has 25 heavy (non-hydrogen) atoms. The van der Waals surface area contributed by atoms with Gasteiger partial charge in [0.05, 0.1) is 18.3 Å². The predicted molar refractivity (Wildman–Crippen MR) is 92.8 cm³/mol. The fraction of sp³-hybridized carbons (Fsp3) is 0.611. The van der Waals surface area contributed by atoms with Crippen LogP contribution < -0.4 is 5.32 Å². The van der Waals surface area contributed by atoms with Crippen LogP contribution in [0.5, 0.6) is 0 Å². The van der Waals surface area contributed by atoms with Crippen molar-refractivity contribution in [3.8, 4) is 0 Å². The monoisotopic (exact) mass is 346 g/mol. The SMILES string of the molecule is O=C1CCCN1CCNC(=O)N(Cc1ccccn1)CC1CCCO1. The molecule has 136 valence electrons. The number of pyridine rings is 1. The molecule has 0 aromatic carbocycles. The third-order valence-electron chi connectivity index (χ3n) is 4.64. The van der Waals surface area contributed by atoms with Crippen LogP contribution in [0.4, 0.5) is 4.79 Å². The Hall–Kier alpha value is -2.15. The highest BCUT2D eigenvalue weighted by Gasteiger charge is 2.24. The Morgan fingerprint density at radius 2 is 2.32 bits per heavy atom. The van der Waals surface area contributed by atoms with Gasteiger partial charge in [-0.2, -0.15) is 0 Å². The molecule has 2 aliphatic heterocycles. The van der Waals surface area contributed by atoms with Crippen molar-refractivity contribution in [3.05, 3.63) is 30.1 Å². The fourth-order valence-corrected chi connectivity index (χ4v) is 3.29. The smallest absolute Gasteiger partial charge is 0.317 e. The molecule has 3 rings (SSSR count). The third-order valence-corrected chi connectivity index (χ3v) is 4.64. The summed E-state index contributed by atoms with van der Waals surface area (Å²) < 4.78 is 5.68. The second-order valence-corrected chi connectivity index (χ2v) is 6.55. The summed E-state index contributed by atoms with van der Waals surface area (Å²) >= 11 is 0. The summed E-state index contributed by atoms with van der Waals surface area (Å²) in [5.74, 6) is 0.180. The van der Waals surface area contributed by atoms with Gasteiger partial charge in [0.1, 0.15) is 0 Å². The Labute approximate surface area is 148 Å². The summed E-state index contributed by atoms with van der Waals surface area (Å²) in [6, 6.07) is 5.57. The number of carbonyl (C=O) groups is 2. The van der Waals surface area contributed by atoms with E-state index in [0.717, 1.165) is 38.1 Å². The molecule has 0 bridgehead atoms. The van der Waals surface area contributed by atoms with E-state index in [4.69, 9.17) is 4.74 Å². The van der Waals surface area contributed by atoms with Crippen molar-refractivity contribution in [2.24, 2.45) is 0 Å². The van der Waals surface area contributed by atoms with Crippen molar-refractivity contribution in [2.75, 3.05) is 32.8 Å². The predicted octanol–water partition coefficient (Wildman–Crippen LogP) is 1.39. The maximum atomic E-state index is 12.6. The number of nitrogens with zero attached hydrogens (tertiary/aromatic N) is 3. The van der Waals surface area contributed by atoms with Gasteiger partial charge in [-0.05, 0) is 31.4 Å². The lowest BCUT2D eigenvalue weighted by Gasteiger charge is -2.26. The molecular weight excluding hydrogens is 320 g/mol.